The Kier molecular flexibility index (Phi) is 4.69. The summed E-state index contributed by atoms with van der Waals surface area (Å²) in [5.41, 5.74) is 11.1. The van der Waals surface area contributed by atoms with Crippen molar-refractivity contribution in [3.63, 3.8) is 0 Å². The lowest BCUT2D eigenvalue weighted by Gasteiger charge is -2.36. The molecule has 8 nitrogen and oxygen atoms in total. The van der Waals surface area contributed by atoms with E-state index >= 15 is 0 Å². The summed E-state index contributed by atoms with van der Waals surface area (Å²) in [6.07, 6.45) is 3.10. The molecule has 8 heteroatoms. The fourth-order valence-corrected chi connectivity index (χ4v) is 4.89. The lowest BCUT2D eigenvalue weighted by atomic mass is 10.0. The van der Waals surface area contributed by atoms with Crippen LogP contribution >= 0.6 is 0 Å². The third-order valence-corrected chi connectivity index (χ3v) is 6.81. The van der Waals surface area contributed by atoms with E-state index in [1.54, 1.807) is 0 Å². The summed E-state index contributed by atoms with van der Waals surface area (Å²) in [5, 5.41) is 0. The highest BCUT2D eigenvalue weighted by molar-refractivity contribution is 5.86. The second-order valence-electron chi connectivity index (χ2n) is 8.89. The van der Waals surface area contributed by atoms with Crippen LogP contribution in [0.3, 0.4) is 0 Å². The highest BCUT2D eigenvalue weighted by Crippen LogP contribution is 2.29. The fraction of sp³-hybridized carbons (Fsp3) is 0.375. The van der Waals surface area contributed by atoms with E-state index < -0.39 is 0 Å². The van der Waals surface area contributed by atoms with Crippen molar-refractivity contribution >= 4 is 34.0 Å². The minimum absolute atomic E-state index is 0.187. The summed E-state index contributed by atoms with van der Waals surface area (Å²) in [6, 6.07) is 12.9. The number of benzene rings is 2. The molecule has 0 amide bonds. The lowest BCUT2D eigenvalue weighted by Crippen LogP contribution is -2.49. The molecule has 2 saturated heterocycles. The van der Waals surface area contributed by atoms with Crippen LogP contribution in [-0.2, 0) is 0 Å². The van der Waals surface area contributed by atoms with Gasteiger partial charge in [-0.3, -0.25) is 9.88 Å². The van der Waals surface area contributed by atoms with Crippen molar-refractivity contribution in [2.45, 2.75) is 12.5 Å². The molecule has 164 valence electrons. The topological polar surface area (TPSA) is 87.5 Å². The number of rotatable bonds is 3. The average molecular weight is 430 g/mol. The van der Waals surface area contributed by atoms with Crippen LogP contribution in [0.5, 0.6) is 0 Å². The first kappa shape index (κ1) is 19.5. The van der Waals surface area contributed by atoms with Crippen LogP contribution in [0.25, 0.3) is 33.3 Å². The Bertz CT molecular complexity index is 1280. The Hall–Kier alpha value is -3.23. The van der Waals surface area contributed by atoms with Crippen LogP contribution in [0.2, 0.25) is 0 Å². The lowest BCUT2D eigenvalue weighted by molar-refractivity contribution is 0.120. The van der Waals surface area contributed by atoms with E-state index in [0.717, 1.165) is 72.8 Å². The van der Waals surface area contributed by atoms with Gasteiger partial charge in [-0.1, -0.05) is 12.1 Å². The number of hydrogen-bond donors (Lipinski definition) is 1. The molecule has 2 aliphatic rings. The number of hydrogen-bond acceptors (Lipinski definition) is 8. The predicted molar refractivity (Wildman–Crippen MR) is 127 cm³/mol. The molecule has 0 unspecified atom stereocenters. The second-order valence-corrected chi connectivity index (χ2v) is 8.89. The maximum Gasteiger partial charge on any atom is 0.292 e. The molecular weight excluding hydrogens is 402 g/mol. The van der Waals surface area contributed by atoms with Gasteiger partial charge in [-0.15, -0.1) is 0 Å². The monoisotopic (exact) mass is 429 g/mol. The molecule has 1 atom stereocenters. The molecule has 0 bridgehead atoms. The number of anilines is 2. The van der Waals surface area contributed by atoms with Crippen molar-refractivity contribution in [1.29, 1.82) is 0 Å². The van der Waals surface area contributed by atoms with E-state index in [1.165, 1.54) is 6.42 Å². The van der Waals surface area contributed by atoms with Gasteiger partial charge in [0.05, 0.1) is 17.2 Å². The zero-order valence-corrected chi connectivity index (χ0v) is 18.2. The Balaban J connectivity index is 1.25. The van der Waals surface area contributed by atoms with Gasteiger partial charge in [0.1, 0.15) is 11.3 Å². The van der Waals surface area contributed by atoms with E-state index in [2.05, 4.69) is 38.9 Å². The second kappa shape index (κ2) is 7.72. The van der Waals surface area contributed by atoms with Crippen LogP contribution in [0.1, 0.15) is 6.42 Å². The number of nitrogens with zero attached hydrogens (tertiary/aromatic N) is 6. The molecule has 2 aromatic carbocycles. The number of oxazole rings is 1. The van der Waals surface area contributed by atoms with Crippen molar-refractivity contribution in [3.8, 4) is 11.1 Å². The quantitative estimate of drug-likeness (QED) is 0.532. The largest absolute Gasteiger partial charge is 0.424 e. The van der Waals surface area contributed by atoms with Gasteiger partial charge in [0.25, 0.3) is 6.01 Å². The number of piperazine rings is 1. The SMILES string of the molecule is CN1CCN([C@H]2CCN(c3cnc4ccc(-c5ccc6oc(N)nc6c5)cc4n3)C2)CC1. The van der Waals surface area contributed by atoms with Gasteiger partial charge in [-0.2, -0.15) is 4.98 Å². The van der Waals surface area contributed by atoms with Gasteiger partial charge in [-0.05, 0) is 48.9 Å². The van der Waals surface area contributed by atoms with Crippen LogP contribution in [-0.4, -0.2) is 77.1 Å². The van der Waals surface area contributed by atoms with Gasteiger partial charge in [-0.25, -0.2) is 4.98 Å². The molecular formula is C24H27N7O. The van der Waals surface area contributed by atoms with E-state index in [9.17, 15) is 0 Å². The van der Waals surface area contributed by atoms with Gasteiger partial charge in [0, 0.05) is 45.3 Å². The van der Waals surface area contributed by atoms with Gasteiger partial charge < -0.3 is 20.0 Å². The van der Waals surface area contributed by atoms with Crippen LogP contribution < -0.4 is 10.6 Å². The van der Waals surface area contributed by atoms with Crippen molar-refractivity contribution in [1.82, 2.24) is 24.8 Å². The summed E-state index contributed by atoms with van der Waals surface area (Å²) < 4.78 is 5.39. The van der Waals surface area contributed by atoms with Crippen LogP contribution in [0.4, 0.5) is 11.8 Å². The van der Waals surface area contributed by atoms with Gasteiger partial charge >= 0.3 is 0 Å². The Labute approximate surface area is 186 Å². The average Bonchev–Trinajstić information content (AvgIpc) is 3.44. The Morgan fingerprint density at radius 2 is 1.69 bits per heavy atom. The first-order valence-electron chi connectivity index (χ1n) is 11.2. The molecule has 32 heavy (non-hydrogen) atoms. The molecule has 0 aliphatic carbocycles. The normalized spacial score (nSPS) is 20.5. The van der Waals surface area contributed by atoms with Crippen molar-refractivity contribution in [3.05, 3.63) is 42.6 Å². The summed E-state index contributed by atoms with van der Waals surface area (Å²) in [4.78, 5) is 21.4. The number of nitrogens with two attached hydrogens (primary N) is 1. The minimum Gasteiger partial charge on any atom is -0.424 e. The standard InChI is InChI=1S/C24H27N7O/c1-29-8-10-30(11-9-29)18-6-7-31(15-18)23-14-26-19-4-2-16(12-20(19)27-23)17-3-5-22-21(13-17)28-24(25)32-22/h2-5,12-14,18H,6-11,15H2,1H3,(H2,25,28)/t18-/m0/s1. The molecule has 2 N–H and O–H groups in total. The third-order valence-electron chi connectivity index (χ3n) is 6.81. The molecule has 2 aromatic heterocycles. The van der Waals surface area contributed by atoms with Crippen molar-refractivity contribution in [2.75, 3.05) is 56.9 Å². The molecule has 0 saturated carbocycles. The Morgan fingerprint density at radius 1 is 0.906 bits per heavy atom. The maximum atomic E-state index is 5.69. The van der Waals surface area contributed by atoms with E-state index in [-0.39, 0.29) is 6.01 Å². The van der Waals surface area contributed by atoms with Gasteiger partial charge in [0.2, 0.25) is 0 Å². The Morgan fingerprint density at radius 3 is 2.53 bits per heavy atom. The van der Waals surface area contributed by atoms with E-state index in [0.29, 0.717) is 11.6 Å². The van der Waals surface area contributed by atoms with Crippen molar-refractivity contribution < 1.29 is 4.42 Å². The smallest absolute Gasteiger partial charge is 0.292 e. The number of nitrogen functional groups attached to an aromatic ring is 1. The predicted octanol–water partition coefficient (Wildman–Crippen LogP) is 2.85. The van der Waals surface area contributed by atoms with Gasteiger partial charge in [0.15, 0.2) is 5.58 Å². The van der Waals surface area contributed by atoms with E-state index in [1.807, 2.05) is 30.5 Å². The zero-order chi connectivity index (χ0) is 21.7. The summed E-state index contributed by atoms with van der Waals surface area (Å²) in [5.74, 6) is 0.964. The first-order chi connectivity index (χ1) is 15.6. The van der Waals surface area contributed by atoms with Crippen LogP contribution in [0.15, 0.2) is 47.0 Å². The number of aromatic nitrogens is 3. The molecule has 2 aliphatic heterocycles. The zero-order valence-electron chi connectivity index (χ0n) is 18.2. The summed E-state index contributed by atoms with van der Waals surface area (Å²) in [7, 11) is 2.20. The number of fused-ring (bicyclic) bond motifs is 2. The molecule has 4 heterocycles. The molecule has 6 rings (SSSR count). The van der Waals surface area contributed by atoms with E-state index in [4.69, 9.17) is 20.1 Å². The maximum absolute atomic E-state index is 5.69. The fourth-order valence-electron chi connectivity index (χ4n) is 4.89. The molecule has 0 spiro atoms. The third kappa shape index (κ3) is 3.55. The molecule has 2 fully saturated rings. The molecule has 4 aromatic rings. The summed E-state index contributed by atoms with van der Waals surface area (Å²) >= 11 is 0. The summed E-state index contributed by atoms with van der Waals surface area (Å²) in [6.45, 7) is 6.67. The highest BCUT2D eigenvalue weighted by atomic mass is 16.4. The van der Waals surface area contributed by atoms with Crippen LogP contribution in [0, 0.1) is 0 Å². The minimum atomic E-state index is 0.187. The molecule has 0 radical (unpaired) electrons. The highest BCUT2D eigenvalue weighted by Gasteiger charge is 2.30. The van der Waals surface area contributed by atoms with Crippen molar-refractivity contribution in [2.24, 2.45) is 0 Å². The first-order valence-corrected chi connectivity index (χ1v) is 11.2. The number of likely N-dealkylation sites (N-methyl/N-ethyl adjacent to an activating group) is 1.